The number of hydrogen-bond acceptors (Lipinski definition) is 5. The molecule has 19 heavy (non-hydrogen) atoms. The van der Waals surface area contributed by atoms with Crippen molar-refractivity contribution in [2.24, 2.45) is 0 Å². The van der Waals surface area contributed by atoms with Crippen LogP contribution >= 0.6 is 0 Å². The largest absolute Gasteiger partial charge is 0.374 e. The molecule has 1 N–H and O–H groups in total. The first-order valence-electron chi connectivity index (χ1n) is 7.20. The first-order chi connectivity index (χ1) is 9.31. The van der Waals surface area contributed by atoms with Gasteiger partial charge in [-0.3, -0.25) is 4.90 Å². The van der Waals surface area contributed by atoms with E-state index in [9.17, 15) is 0 Å². The maximum Gasteiger partial charge on any atom is 0.129 e. The van der Waals surface area contributed by atoms with E-state index in [1.54, 1.807) is 6.33 Å². The van der Waals surface area contributed by atoms with Crippen molar-refractivity contribution >= 4 is 5.82 Å². The Morgan fingerprint density at radius 1 is 1.42 bits per heavy atom. The van der Waals surface area contributed by atoms with E-state index < -0.39 is 0 Å². The fourth-order valence-corrected chi connectivity index (χ4v) is 2.30. The molecule has 2 rings (SSSR count). The number of anilines is 1. The molecule has 1 aromatic rings. The van der Waals surface area contributed by atoms with E-state index in [1.807, 2.05) is 6.07 Å². The van der Waals surface area contributed by atoms with Gasteiger partial charge in [0.1, 0.15) is 12.1 Å². The van der Waals surface area contributed by atoms with Crippen molar-refractivity contribution in [3.63, 3.8) is 0 Å². The van der Waals surface area contributed by atoms with Gasteiger partial charge in [0.05, 0.1) is 12.7 Å². The van der Waals surface area contributed by atoms with Gasteiger partial charge in [-0.2, -0.15) is 0 Å². The molecule has 0 bridgehead atoms. The van der Waals surface area contributed by atoms with Gasteiger partial charge < -0.3 is 10.1 Å². The number of aryl methyl sites for hydroxylation is 1. The monoisotopic (exact) mass is 264 g/mol. The number of morpholine rings is 1. The van der Waals surface area contributed by atoms with Crippen molar-refractivity contribution < 1.29 is 4.74 Å². The molecule has 1 atom stereocenters. The number of nitrogens with one attached hydrogen (secondary N) is 1. The van der Waals surface area contributed by atoms with Gasteiger partial charge in [-0.15, -0.1) is 0 Å². The quantitative estimate of drug-likeness (QED) is 0.845. The molecule has 0 radical (unpaired) electrons. The standard InChI is InChI=1S/C14H24N4O/c1-3-5-12-8-14(17-11-16-12)15-9-13-10-18(4-2)6-7-19-13/h8,11,13H,3-7,9-10H2,1-2H3,(H,15,16,17). The van der Waals surface area contributed by atoms with Crippen LogP contribution in [0.2, 0.25) is 0 Å². The van der Waals surface area contributed by atoms with Gasteiger partial charge in [-0.25, -0.2) is 9.97 Å². The van der Waals surface area contributed by atoms with Crippen LogP contribution in [0.4, 0.5) is 5.82 Å². The first-order valence-corrected chi connectivity index (χ1v) is 7.20. The third kappa shape index (κ3) is 4.44. The van der Waals surface area contributed by atoms with Gasteiger partial charge in [-0.1, -0.05) is 20.3 Å². The van der Waals surface area contributed by atoms with Crippen molar-refractivity contribution in [3.05, 3.63) is 18.1 Å². The highest BCUT2D eigenvalue weighted by atomic mass is 16.5. The highest BCUT2D eigenvalue weighted by Crippen LogP contribution is 2.09. The fourth-order valence-electron chi connectivity index (χ4n) is 2.30. The van der Waals surface area contributed by atoms with Crippen molar-refractivity contribution in [1.82, 2.24) is 14.9 Å². The molecule has 0 aromatic carbocycles. The topological polar surface area (TPSA) is 50.3 Å². The van der Waals surface area contributed by atoms with Crippen LogP contribution in [0.3, 0.4) is 0 Å². The molecule has 1 aliphatic heterocycles. The molecule has 0 amide bonds. The van der Waals surface area contributed by atoms with Gasteiger partial charge >= 0.3 is 0 Å². The molecule has 1 unspecified atom stereocenters. The summed E-state index contributed by atoms with van der Waals surface area (Å²) in [5, 5.41) is 3.36. The summed E-state index contributed by atoms with van der Waals surface area (Å²) < 4.78 is 5.76. The van der Waals surface area contributed by atoms with Gasteiger partial charge in [0.2, 0.25) is 0 Å². The van der Waals surface area contributed by atoms with Gasteiger partial charge in [0.25, 0.3) is 0 Å². The van der Waals surface area contributed by atoms with Crippen LogP contribution < -0.4 is 5.32 Å². The summed E-state index contributed by atoms with van der Waals surface area (Å²) in [5.41, 5.74) is 1.10. The van der Waals surface area contributed by atoms with E-state index in [-0.39, 0.29) is 6.10 Å². The summed E-state index contributed by atoms with van der Waals surface area (Å²) in [6.07, 6.45) is 3.99. The average Bonchev–Trinajstić information content (AvgIpc) is 2.46. The van der Waals surface area contributed by atoms with Gasteiger partial charge in [0.15, 0.2) is 0 Å². The second kappa shape index (κ2) is 7.40. The van der Waals surface area contributed by atoms with Crippen LogP contribution in [-0.2, 0) is 11.2 Å². The minimum Gasteiger partial charge on any atom is -0.374 e. The number of ether oxygens (including phenoxy) is 1. The molecule has 5 nitrogen and oxygen atoms in total. The smallest absolute Gasteiger partial charge is 0.129 e. The predicted molar refractivity (Wildman–Crippen MR) is 76.4 cm³/mol. The summed E-state index contributed by atoms with van der Waals surface area (Å²) in [5.74, 6) is 0.899. The maximum atomic E-state index is 5.76. The Morgan fingerprint density at radius 2 is 2.32 bits per heavy atom. The lowest BCUT2D eigenvalue weighted by atomic mass is 10.2. The Hall–Kier alpha value is -1.20. The van der Waals surface area contributed by atoms with Crippen LogP contribution in [-0.4, -0.2) is 53.8 Å². The Morgan fingerprint density at radius 3 is 3.11 bits per heavy atom. The Balaban J connectivity index is 1.82. The zero-order chi connectivity index (χ0) is 13.5. The van der Waals surface area contributed by atoms with Gasteiger partial charge in [-0.05, 0) is 13.0 Å². The number of rotatable bonds is 6. The number of aromatic nitrogens is 2. The maximum absolute atomic E-state index is 5.76. The van der Waals surface area contributed by atoms with Crippen LogP contribution in [0.15, 0.2) is 12.4 Å². The third-order valence-electron chi connectivity index (χ3n) is 3.41. The van der Waals surface area contributed by atoms with E-state index in [2.05, 4.69) is 34.0 Å². The van der Waals surface area contributed by atoms with E-state index in [4.69, 9.17) is 4.74 Å². The Labute approximate surface area is 115 Å². The van der Waals surface area contributed by atoms with Crippen LogP contribution in [0.5, 0.6) is 0 Å². The lowest BCUT2D eigenvalue weighted by molar-refractivity contribution is -0.0192. The van der Waals surface area contributed by atoms with E-state index in [0.717, 1.165) is 57.1 Å². The highest BCUT2D eigenvalue weighted by molar-refractivity contribution is 5.34. The molecular weight excluding hydrogens is 240 g/mol. The summed E-state index contributed by atoms with van der Waals surface area (Å²) in [4.78, 5) is 10.9. The zero-order valence-corrected chi connectivity index (χ0v) is 11.9. The average molecular weight is 264 g/mol. The predicted octanol–water partition coefficient (Wildman–Crippen LogP) is 1.56. The number of nitrogens with zero attached hydrogens (tertiary/aromatic N) is 3. The SMILES string of the molecule is CCCc1cc(NCC2CN(CC)CCO2)ncn1. The van der Waals surface area contributed by atoms with E-state index in [1.165, 1.54) is 0 Å². The third-order valence-corrected chi connectivity index (χ3v) is 3.41. The minimum atomic E-state index is 0.248. The van der Waals surface area contributed by atoms with Crippen molar-refractivity contribution in [2.45, 2.75) is 32.8 Å². The summed E-state index contributed by atoms with van der Waals surface area (Å²) in [6.45, 7) is 9.11. The second-order valence-electron chi connectivity index (χ2n) is 4.91. The van der Waals surface area contributed by atoms with Crippen molar-refractivity contribution in [1.29, 1.82) is 0 Å². The second-order valence-corrected chi connectivity index (χ2v) is 4.91. The van der Waals surface area contributed by atoms with Gasteiger partial charge in [0, 0.05) is 31.4 Å². The summed E-state index contributed by atoms with van der Waals surface area (Å²) in [7, 11) is 0. The zero-order valence-electron chi connectivity index (χ0n) is 11.9. The van der Waals surface area contributed by atoms with Crippen molar-refractivity contribution in [3.8, 4) is 0 Å². The molecule has 0 saturated carbocycles. The minimum absolute atomic E-state index is 0.248. The van der Waals surface area contributed by atoms with Crippen molar-refractivity contribution in [2.75, 3.05) is 38.1 Å². The highest BCUT2D eigenvalue weighted by Gasteiger charge is 2.18. The molecule has 2 heterocycles. The van der Waals surface area contributed by atoms with Crippen LogP contribution in [0.1, 0.15) is 26.0 Å². The Kier molecular flexibility index (Phi) is 5.54. The molecule has 1 saturated heterocycles. The summed E-state index contributed by atoms with van der Waals surface area (Å²) >= 11 is 0. The Bertz CT molecular complexity index is 385. The molecule has 0 spiro atoms. The number of hydrogen-bond donors (Lipinski definition) is 1. The van der Waals surface area contributed by atoms with E-state index >= 15 is 0 Å². The molecule has 5 heteroatoms. The molecule has 1 aromatic heterocycles. The fraction of sp³-hybridized carbons (Fsp3) is 0.714. The van der Waals surface area contributed by atoms with Crippen LogP contribution in [0, 0.1) is 0 Å². The van der Waals surface area contributed by atoms with E-state index in [0.29, 0.717) is 0 Å². The number of likely N-dealkylation sites (N-methyl/N-ethyl adjacent to an activating group) is 1. The lowest BCUT2D eigenvalue weighted by Gasteiger charge is -2.32. The molecule has 106 valence electrons. The molecule has 1 fully saturated rings. The van der Waals surface area contributed by atoms with Crippen LogP contribution in [0.25, 0.3) is 0 Å². The molecular formula is C14H24N4O. The molecule has 0 aliphatic carbocycles. The summed E-state index contributed by atoms with van der Waals surface area (Å²) in [6, 6.07) is 2.03. The lowest BCUT2D eigenvalue weighted by Crippen LogP contribution is -2.45. The molecule has 1 aliphatic rings. The first kappa shape index (κ1) is 14.2. The normalized spacial score (nSPS) is 20.4.